The molecule has 0 unspecified atom stereocenters. The van der Waals surface area contributed by atoms with E-state index in [-0.39, 0.29) is 10.6 Å². The van der Waals surface area contributed by atoms with Crippen LogP contribution in [-0.4, -0.2) is 23.6 Å². The highest BCUT2D eigenvalue weighted by Crippen LogP contribution is 2.34. The van der Waals surface area contributed by atoms with Crippen LogP contribution < -0.4 is 4.90 Å². The van der Waals surface area contributed by atoms with E-state index in [2.05, 4.69) is 34.7 Å². The van der Waals surface area contributed by atoms with E-state index in [0.717, 1.165) is 30.1 Å². The van der Waals surface area contributed by atoms with Crippen molar-refractivity contribution in [3.63, 3.8) is 0 Å². The fourth-order valence-electron chi connectivity index (χ4n) is 2.19. The van der Waals surface area contributed by atoms with Crippen LogP contribution in [0.1, 0.15) is 19.4 Å². The molecule has 1 heterocycles. The van der Waals surface area contributed by atoms with Gasteiger partial charge in [-0.25, -0.2) is 4.39 Å². The molecule has 94 valence electrons. The molecule has 0 aromatic heterocycles. The van der Waals surface area contributed by atoms with Gasteiger partial charge in [-0.3, -0.25) is 0 Å². The van der Waals surface area contributed by atoms with Crippen LogP contribution in [0, 0.1) is 5.82 Å². The number of halogens is 2. The van der Waals surface area contributed by atoms with Crippen molar-refractivity contribution >= 4 is 33.4 Å². The van der Waals surface area contributed by atoms with Crippen LogP contribution in [0.5, 0.6) is 0 Å². The molecular weight excluding hydrogens is 301 g/mol. The van der Waals surface area contributed by atoms with Crippen molar-refractivity contribution in [1.29, 1.82) is 0 Å². The summed E-state index contributed by atoms with van der Waals surface area (Å²) in [4.78, 5) is 2.37. The van der Waals surface area contributed by atoms with Gasteiger partial charge in [0, 0.05) is 34.6 Å². The molecule has 1 aromatic rings. The molecule has 0 N–H and O–H groups in total. The van der Waals surface area contributed by atoms with Crippen molar-refractivity contribution in [2.24, 2.45) is 0 Å². The van der Waals surface area contributed by atoms with E-state index in [1.165, 1.54) is 0 Å². The Hall–Kier alpha value is -0.220. The summed E-state index contributed by atoms with van der Waals surface area (Å²) in [5, 5.41) is 0.699. The largest absolute Gasteiger partial charge is 0.369 e. The first-order valence-electron chi connectivity index (χ1n) is 5.75. The minimum Gasteiger partial charge on any atom is -0.369 e. The van der Waals surface area contributed by atoms with E-state index in [1.54, 1.807) is 12.1 Å². The Kier molecular flexibility index (Phi) is 4.03. The summed E-state index contributed by atoms with van der Waals surface area (Å²) in [6.45, 7) is 6.59. The van der Waals surface area contributed by atoms with Gasteiger partial charge >= 0.3 is 0 Å². The van der Waals surface area contributed by atoms with Crippen molar-refractivity contribution in [2.45, 2.75) is 23.9 Å². The van der Waals surface area contributed by atoms with Crippen LogP contribution in [0.25, 0.3) is 0 Å². The Morgan fingerprint density at radius 3 is 2.88 bits per heavy atom. The summed E-state index contributed by atoms with van der Waals surface area (Å²) >= 11 is 5.45. The molecule has 2 rings (SSSR count). The monoisotopic (exact) mass is 317 g/mol. The van der Waals surface area contributed by atoms with Gasteiger partial charge < -0.3 is 4.90 Å². The maximum atomic E-state index is 13.2. The van der Waals surface area contributed by atoms with Crippen molar-refractivity contribution in [1.82, 2.24) is 0 Å². The number of nitrogens with zero attached hydrogens (tertiary/aromatic N) is 1. The van der Waals surface area contributed by atoms with Gasteiger partial charge in [-0.05, 0) is 37.6 Å². The third-order valence-electron chi connectivity index (χ3n) is 2.95. The Morgan fingerprint density at radius 2 is 2.24 bits per heavy atom. The Bertz CT molecular complexity index is 408. The zero-order valence-electron chi connectivity index (χ0n) is 10.2. The van der Waals surface area contributed by atoms with Crippen molar-refractivity contribution in [3.05, 3.63) is 29.6 Å². The highest BCUT2D eigenvalue weighted by atomic mass is 79.9. The second-order valence-corrected chi connectivity index (χ2v) is 7.30. The van der Waals surface area contributed by atoms with Crippen molar-refractivity contribution in [3.8, 4) is 0 Å². The second kappa shape index (κ2) is 5.19. The number of hydrogen-bond donors (Lipinski definition) is 0. The molecule has 0 amide bonds. The van der Waals surface area contributed by atoms with Crippen LogP contribution >= 0.6 is 27.7 Å². The van der Waals surface area contributed by atoms with Crippen LogP contribution in [0.3, 0.4) is 0 Å². The molecule has 17 heavy (non-hydrogen) atoms. The van der Waals surface area contributed by atoms with E-state index in [9.17, 15) is 4.39 Å². The van der Waals surface area contributed by atoms with E-state index in [0.29, 0.717) is 5.33 Å². The molecule has 0 bridgehead atoms. The van der Waals surface area contributed by atoms with Gasteiger partial charge in [-0.2, -0.15) is 11.8 Å². The molecule has 0 saturated carbocycles. The molecule has 1 fully saturated rings. The summed E-state index contributed by atoms with van der Waals surface area (Å²) in [7, 11) is 0. The van der Waals surface area contributed by atoms with E-state index >= 15 is 0 Å². The predicted molar refractivity (Wildman–Crippen MR) is 77.8 cm³/mol. The summed E-state index contributed by atoms with van der Waals surface area (Å²) in [6, 6.07) is 5.08. The van der Waals surface area contributed by atoms with Gasteiger partial charge in [0.1, 0.15) is 5.82 Å². The number of rotatable bonds is 2. The highest BCUT2D eigenvalue weighted by molar-refractivity contribution is 9.08. The maximum absolute atomic E-state index is 13.2. The average molecular weight is 318 g/mol. The molecule has 0 radical (unpaired) electrons. The molecule has 1 aliphatic rings. The first-order valence-corrected chi connectivity index (χ1v) is 7.86. The van der Waals surface area contributed by atoms with Crippen LogP contribution in [0.4, 0.5) is 10.1 Å². The molecule has 4 heteroatoms. The number of hydrogen-bond acceptors (Lipinski definition) is 2. The molecular formula is C13H17BrFNS. The van der Waals surface area contributed by atoms with Crippen molar-refractivity contribution < 1.29 is 4.39 Å². The fourth-order valence-corrected chi connectivity index (χ4v) is 3.75. The normalized spacial score (nSPS) is 19.4. The third kappa shape index (κ3) is 3.16. The summed E-state index contributed by atoms with van der Waals surface area (Å²) in [5.74, 6) is 0.973. The number of anilines is 1. The lowest BCUT2D eigenvalue weighted by Crippen LogP contribution is -2.43. The molecule has 0 atom stereocenters. The van der Waals surface area contributed by atoms with E-state index in [1.807, 2.05) is 17.8 Å². The number of alkyl halides is 1. The molecule has 1 saturated heterocycles. The lowest BCUT2D eigenvalue weighted by atomic mass is 10.1. The van der Waals surface area contributed by atoms with E-state index < -0.39 is 0 Å². The van der Waals surface area contributed by atoms with Gasteiger partial charge in [0.05, 0.1) is 0 Å². The van der Waals surface area contributed by atoms with Crippen LogP contribution in [0.15, 0.2) is 18.2 Å². The number of benzene rings is 1. The first kappa shape index (κ1) is 13.2. The lowest BCUT2D eigenvalue weighted by Gasteiger charge is -2.39. The predicted octanol–water partition coefficient (Wildman–Crippen LogP) is 4.05. The van der Waals surface area contributed by atoms with E-state index in [4.69, 9.17) is 0 Å². The van der Waals surface area contributed by atoms with Gasteiger partial charge in [-0.15, -0.1) is 0 Å². The zero-order valence-corrected chi connectivity index (χ0v) is 12.6. The minimum absolute atomic E-state index is 0.158. The van der Waals surface area contributed by atoms with Gasteiger partial charge in [0.25, 0.3) is 0 Å². The molecule has 0 aliphatic carbocycles. The minimum atomic E-state index is -0.158. The average Bonchev–Trinajstić information content (AvgIpc) is 2.27. The Balaban J connectivity index is 2.27. The Morgan fingerprint density at radius 1 is 1.47 bits per heavy atom. The third-order valence-corrected chi connectivity index (χ3v) is 4.85. The SMILES string of the molecule is CC1(C)CN(c2ccc(F)cc2CBr)CCS1. The second-order valence-electron chi connectivity index (χ2n) is 4.94. The topological polar surface area (TPSA) is 3.24 Å². The van der Waals surface area contributed by atoms with Gasteiger partial charge in [-0.1, -0.05) is 15.9 Å². The summed E-state index contributed by atoms with van der Waals surface area (Å²) in [5.41, 5.74) is 2.20. The van der Waals surface area contributed by atoms with Crippen molar-refractivity contribution in [2.75, 3.05) is 23.7 Å². The maximum Gasteiger partial charge on any atom is 0.123 e. The lowest BCUT2D eigenvalue weighted by molar-refractivity contribution is 0.622. The summed E-state index contributed by atoms with van der Waals surface area (Å²) in [6.07, 6.45) is 0. The van der Waals surface area contributed by atoms with Crippen LogP contribution in [0.2, 0.25) is 0 Å². The smallest absolute Gasteiger partial charge is 0.123 e. The molecule has 0 spiro atoms. The molecule has 1 nitrogen and oxygen atoms in total. The molecule has 1 aliphatic heterocycles. The zero-order chi connectivity index (χ0) is 12.5. The first-order chi connectivity index (χ1) is 8.02. The fraction of sp³-hybridized carbons (Fsp3) is 0.538. The Labute approximate surface area is 115 Å². The number of thioether (sulfide) groups is 1. The standard InChI is InChI=1S/C13H17BrFNS/c1-13(2)9-16(5-6-17-13)12-4-3-11(15)7-10(12)8-14/h3-4,7H,5-6,8-9H2,1-2H3. The van der Waals surface area contributed by atoms with Crippen LogP contribution in [-0.2, 0) is 5.33 Å². The quantitative estimate of drug-likeness (QED) is 0.757. The van der Waals surface area contributed by atoms with Gasteiger partial charge in [0.2, 0.25) is 0 Å². The highest BCUT2D eigenvalue weighted by Gasteiger charge is 2.28. The molecule has 1 aromatic carbocycles. The van der Waals surface area contributed by atoms with Gasteiger partial charge in [0.15, 0.2) is 0 Å². The summed E-state index contributed by atoms with van der Waals surface area (Å²) < 4.78 is 13.5.